The standard InChI is InChI=1S/C18H16N2O2S/c1-12-5-7-19-14(9-12)15-10-13(6-8-20-15)16-3-4-17(23-16)18(2,22)11-21/h3-11,22H,1-2H3. The third kappa shape index (κ3) is 3.21. The SMILES string of the molecule is Cc1ccnc(-c2cc(-c3ccc(C(C)(O)C=O)s3)ccn2)c1. The second kappa shape index (κ2) is 6.02. The van der Waals surface area contributed by atoms with E-state index in [2.05, 4.69) is 9.97 Å². The highest BCUT2D eigenvalue weighted by molar-refractivity contribution is 7.15. The van der Waals surface area contributed by atoms with Crippen molar-refractivity contribution in [1.29, 1.82) is 0 Å². The number of aromatic nitrogens is 2. The van der Waals surface area contributed by atoms with Gasteiger partial charge in [0.2, 0.25) is 0 Å². The Morgan fingerprint density at radius 3 is 2.48 bits per heavy atom. The van der Waals surface area contributed by atoms with Crippen LogP contribution < -0.4 is 0 Å². The Kier molecular flexibility index (Phi) is 4.07. The minimum absolute atomic E-state index is 0.553. The van der Waals surface area contributed by atoms with E-state index < -0.39 is 5.60 Å². The lowest BCUT2D eigenvalue weighted by atomic mass is 10.1. The Balaban J connectivity index is 1.99. The van der Waals surface area contributed by atoms with Crippen LogP contribution in [0.1, 0.15) is 17.4 Å². The van der Waals surface area contributed by atoms with Gasteiger partial charge in [-0.2, -0.15) is 0 Å². The fourth-order valence-electron chi connectivity index (χ4n) is 2.22. The van der Waals surface area contributed by atoms with E-state index in [0.717, 1.165) is 27.4 Å². The van der Waals surface area contributed by atoms with Crippen LogP contribution in [0, 0.1) is 6.92 Å². The van der Waals surface area contributed by atoms with Crippen LogP contribution in [0.2, 0.25) is 0 Å². The minimum Gasteiger partial charge on any atom is -0.377 e. The number of hydrogen-bond acceptors (Lipinski definition) is 5. The first kappa shape index (κ1) is 15.5. The van der Waals surface area contributed by atoms with Gasteiger partial charge < -0.3 is 5.11 Å². The molecule has 0 aliphatic rings. The maximum atomic E-state index is 11.0. The van der Waals surface area contributed by atoms with Crippen molar-refractivity contribution in [2.24, 2.45) is 0 Å². The zero-order valence-electron chi connectivity index (χ0n) is 12.9. The summed E-state index contributed by atoms with van der Waals surface area (Å²) in [6.07, 6.45) is 4.06. The Morgan fingerprint density at radius 2 is 1.78 bits per heavy atom. The first-order valence-electron chi connectivity index (χ1n) is 7.18. The topological polar surface area (TPSA) is 63.1 Å². The third-order valence-corrected chi connectivity index (χ3v) is 4.92. The monoisotopic (exact) mass is 324 g/mol. The molecule has 3 heterocycles. The quantitative estimate of drug-likeness (QED) is 0.745. The molecular weight excluding hydrogens is 308 g/mol. The first-order chi connectivity index (χ1) is 11.0. The molecule has 116 valence electrons. The molecule has 0 amide bonds. The van der Waals surface area contributed by atoms with Gasteiger partial charge in [-0.25, -0.2) is 0 Å². The number of rotatable bonds is 4. The van der Waals surface area contributed by atoms with Gasteiger partial charge in [0.15, 0.2) is 11.9 Å². The number of aryl methyl sites for hydroxylation is 1. The van der Waals surface area contributed by atoms with Gasteiger partial charge in [-0.15, -0.1) is 11.3 Å². The van der Waals surface area contributed by atoms with Crippen molar-refractivity contribution in [3.05, 3.63) is 59.2 Å². The second-order valence-electron chi connectivity index (χ2n) is 5.58. The summed E-state index contributed by atoms with van der Waals surface area (Å²) in [5, 5.41) is 10.0. The highest BCUT2D eigenvalue weighted by Crippen LogP contribution is 2.34. The van der Waals surface area contributed by atoms with Crippen molar-refractivity contribution in [1.82, 2.24) is 9.97 Å². The van der Waals surface area contributed by atoms with Crippen molar-refractivity contribution in [2.45, 2.75) is 19.4 Å². The van der Waals surface area contributed by atoms with Crippen LogP contribution in [-0.4, -0.2) is 21.4 Å². The number of nitrogens with zero attached hydrogens (tertiary/aromatic N) is 2. The largest absolute Gasteiger partial charge is 0.377 e. The summed E-state index contributed by atoms with van der Waals surface area (Å²) >= 11 is 1.40. The van der Waals surface area contributed by atoms with Gasteiger partial charge in [0.05, 0.1) is 11.4 Å². The van der Waals surface area contributed by atoms with Crippen LogP contribution in [0.25, 0.3) is 21.8 Å². The van der Waals surface area contributed by atoms with E-state index in [9.17, 15) is 9.90 Å². The first-order valence-corrected chi connectivity index (χ1v) is 8.00. The van der Waals surface area contributed by atoms with E-state index in [1.807, 2.05) is 37.3 Å². The average molecular weight is 324 g/mol. The maximum Gasteiger partial charge on any atom is 0.156 e. The Labute approximate surface area is 138 Å². The molecule has 5 heteroatoms. The Hall–Kier alpha value is -2.37. The van der Waals surface area contributed by atoms with Gasteiger partial charge in [0.1, 0.15) is 0 Å². The van der Waals surface area contributed by atoms with E-state index >= 15 is 0 Å². The molecule has 1 N–H and O–H groups in total. The van der Waals surface area contributed by atoms with Crippen molar-refractivity contribution >= 4 is 17.6 Å². The molecule has 0 bridgehead atoms. The highest BCUT2D eigenvalue weighted by Gasteiger charge is 2.24. The molecular formula is C18H16N2O2S. The van der Waals surface area contributed by atoms with Crippen LogP contribution >= 0.6 is 11.3 Å². The zero-order chi connectivity index (χ0) is 16.4. The number of aldehydes is 1. The smallest absolute Gasteiger partial charge is 0.156 e. The number of thiophene rings is 1. The lowest BCUT2D eigenvalue weighted by Gasteiger charge is -2.12. The van der Waals surface area contributed by atoms with Crippen LogP contribution in [0.3, 0.4) is 0 Å². The summed E-state index contributed by atoms with van der Waals surface area (Å²) in [5.74, 6) is 0. The molecule has 0 spiro atoms. The van der Waals surface area contributed by atoms with Gasteiger partial charge in [-0.3, -0.25) is 14.8 Å². The van der Waals surface area contributed by atoms with Crippen LogP contribution in [-0.2, 0) is 10.4 Å². The van der Waals surface area contributed by atoms with Crippen molar-refractivity contribution < 1.29 is 9.90 Å². The predicted octanol–water partition coefficient (Wildman–Crippen LogP) is 3.59. The normalized spacial score (nSPS) is 13.5. The molecule has 0 saturated heterocycles. The number of carbonyl (C=O) groups excluding carboxylic acids is 1. The summed E-state index contributed by atoms with van der Waals surface area (Å²) in [6.45, 7) is 3.51. The summed E-state index contributed by atoms with van der Waals surface area (Å²) < 4.78 is 0. The predicted molar refractivity (Wildman–Crippen MR) is 91.2 cm³/mol. The molecule has 23 heavy (non-hydrogen) atoms. The van der Waals surface area contributed by atoms with E-state index in [0.29, 0.717) is 11.2 Å². The zero-order valence-corrected chi connectivity index (χ0v) is 13.7. The molecule has 3 rings (SSSR count). The molecule has 0 saturated carbocycles. The van der Waals surface area contributed by atoms with E-state index in [1.54, 1.807) is 18.5 Å². The third-order valence-electron chi connectivity index (χ3n) is 3.56. The molecule has 1 unspecified atom stereocenters. The van der Waals surface area contributed by atoms with Crippen LogP contribution in [0.5, 0.6) is 0 Å². The molecule has 0 aromatic carbocycles. The van der Waals surface area contributed by atoms with Gasteiger partial charge in [-0.1, -0.05) is 0 Å². The molecule has 0 radical (unpaired) electrons. The van der Waals surface area contributed by atoms with Crippen molar-refractivity contribution in [2.75, 3.05) is 0 Å². The van der Waals surface area contributed by atoms with E-state index in [1.165, 1.54) is 18.3 Å². The lowest BCUT2D eigenvalue weighted by molar-refractivity contribution is -0.122. The molecule has 0 fully saturated rings. The van der Waals surface area contributed by atoms with Crippen molar-refractivity contribution in [3.8, 4) is 21.8 Å². The molecule has 1 atom stereocenters. The van der Waals surface area contributed by atoms with Gasteiger partial charge in [0.25, 0.3) is 0 Å². The van der Waals surface area contributed by atoms with Crippen molar-refractivity contribution in [3.63, 3.8) is 0 Å². The summed E-state index contributed by atoms with van der Waals surface area (Å²) in [4.78, 5) is 21.3. The maximum absolute atomic E-state index is 11.0. The minimum atomic E-state index is -1.45. The Bertz CT molecular complexity index is 855. The molecule has 4 nitrogen and oxygen atoms in total. The number of hydrogen-bond donors (Lipinski definition) is 1. The summed E-state index contributed by atoms with van der Waals surface area (Å²) in [6, 6.07) is 11.5. The van der Waals surface area contributed by atoms with E-state index in [-0.39, 0.29) is 0 Å². The van der Waals surface area contributed by atoms with E-state index in [4.69, 9.17) is 0 Å². The van der Waals surface area contributed by atoms with Gasteiger partial charge >= 0.3 is 0 Å². The number of carbonyl (C=O) groups is 1. The van der Waals surface area contributed by atoms with Gasteiger partial charge in [-0.05, 0) is 61.4 Å². The summed E-state index contributed by atoms with van der Waals surface area (Å²) in [5.41, 5.74) is 2.28. The van der Waals surface area contributed by atoms with Crippen LogP contribution in [0.15, 0.2) is 48.8 Å². The average Bonchev–Trinajstić information content (AvgIpc) is 3.06. The molecule has 3 aromatic rings. The number of aliphatic hydroxyl groups is 1. The lowest BCUT2D eigenvalue weighted by Crippen LogP contribution is -2.20. The fourth-order valence-corrected chi connectivity index (χ4v) is 3.23. The summed E-state index contributed by atoms with van der Waals surface area (Å²) in [7, 11) is 0. The molecule has 0 aliphatic heterocycles. The Morgan fingerprint density at radius 1 is 1.09 bits per heavy atom. The van der Waals surface area contributed by atoms with Gasteiger partial charge in [0, 0.05) is 22.1 Å². The second-order valence-corrected chi connectivity index (χ2v) is 6.66. The molecule has 0 aliphatic carbocycles. The molecule has 3 aromatic heterocycles. The van der Waals surface area contributed by atoms with Crippen LogP contribution in [0.4, 0.5) is 0 Å². The highest BCUT2D eigenvalue weighted by atomic mass is 32.1. The fraction of sp³-hybridized carbons (Fsp3) is 0.167. The number of pyridine rings is 2.